The van der Waals surface area contributed by atoms with Crippen molar-refractivity contribution >= 4 is 50.5 Å². The van der Waals surface area contributed by atoms with E-state index in [4.69, 9.17) is 0 Å². The average Bonchev–Trinajstić information content (AvgIpc) is 3.33. The Bertz CT molecular complexity index is 1760. The molecule has 188 valence electrons. The van der Waals surface area contributed by atoms with Crippen molar-refractivity contribution < 1.29 is 0 Å². The largest absolute Gasteiger partial charge is 0.385 e. The van der Waals surface area contributed by atoms with Crippen molar-refractivity contribution in [1.29, 1.82) is 0 Å². The minimum atomic E-state index is 0.635. The Morgan fingerprint density at radius 1 is 0.737 bits per heavy atom. The molecule has 0 spiro atoms. The number of imidazole rings is 1. The summed E-state index contributed by atoms with van der Waals surface area (Å²) in [5.41, 5.74) is 9.79. The molecule has 0 bridgehead atoms. The SMILES string of the molecule is CCNc1ccc2nc(C)cc(Nc3ccc(-c4nc5ncc(Nc6ccnc(C)c6)cc5[nH]4)nc3)c2c1. The summed E-state index contributed by atoms with van der Waals surface area (Å²) in [6.45, 7) is 6.90. The van der Waals surface area contributed by atoms with Crippen molar-refractivity contribution in [2.24, 2.45) is 0 Å². The first kappa shape index (κ1) is 23.4. The second-order valence-corrected chi connectivity index (χ2v) is 9.12. The number of rotatable bonds is 7. The molecule has 5 heterocycles. The van der Waals surface area contributed by atoms with Crippen LogP contribution in [0.2, 0.25) is 0 Å². The predicted molar refractivity (Wildman–Crippen MR) is 153 cm³/mol. The Kier molecular flexibility index (Phi) is 6.01. The summed E-state index contributed by atoms with van der Waals surface area (Å²) >= 11 is 0. The molecular formula is C29H27N9. The molecule has 0 saturated heterocycles. The van der Waals surface area contributed by atoms with Crippen molar-refractivity contribution in [1.82, 2.24) is 29.9 Å². The van der Waals surface area contributed by atoms with Crippen LogP contribution in [0.5, 0.6) is 0 Å². The maximum Gasteiger partial charge on any atom is 0.178 e. The fourth-order valence-electron chi connectivity index (χ4n) is 4.42. The van der Waals surface area contributed by atoms with Gasteiger partial charge in [0.2, 0.25) is 0 Å². The quantitative estimate of drug-likeness (QED) is 0.196. The lowest BCUT2D eigenvalue weighted by atomic mass is 10.1. The second kappa shape index (κ2) is 9.78. The summed E-state index contributed by atoms with van der Waals surface area (Å²) < 4.78 is 0. The van der Waals surface area contributed by atoms with Crippen LogP contribution in [0.3, 0.4) is 0 Å². The molecule has 38 heavy (non-hydrogen) atoms. The van der Waals surface area contributed by atoms with Crippen molar-refractivity contribution in [3.63, 3.8) is 0 Å². The van der Waals surface area contributed by atoms with E-state index < -0.39 is 0 Å². The van der Waals surface area contributed by atoms with Gasteiger partial charge in [-0.1, -0.05) is 0 Å². The third-order valence-electron chi connectivity index (χ3n) is 6.13. The zero-order valence-corrected chi connectivity index (χ0v) is 21.4. The van der Waals surface area contributed by atoms with Crippen LogP contribution < -0.4 is 16.0 Å². The third-order valence-corrected chi connectivity index (χ3v) is 6.13. The van der Waals surface area contributed by atoms with E-state index in [-0.39, 0.29) is 0 Å². The van der Waals surface area contributed by atoms with E-state index in [1.54, 1.807) is 12.4 Å². The summed E-state index contributed by atoms with van der Waals surface area (Å²) in [6, 6.07) is 18.1. The van der Waals surface area contributed by atoms with Gasteiger partial charge in [-0.15, -0.1) is 0 Å². The molecule has 9 heteroatoms. The first-order valence-electron chi connectivity index (χ1n) is 12.5. The third kappa shape index (κ3) is 4.81. The van der Waals surface area contributed by atoms with E-state index in [1.165, 1.54) is 0 Å². The maximum absolute atomic E-state index is 4.68. The molecule has 0 radical (unpaired) electrons. The van der Waals surface area contributed by atoms with Crippen molar-refractivity contribution in [3.8, 4) is 11.5 Å². The highest BCUT2D eigenvalue weighted by Gasteiger charge is 2.10. The summed E-state index contributed by atoms with van der Waals surface area (Å²) in [5.74, 6) is 0.663. The summed E-state index contributed by atoms with van der Waals surface area (Å²) in [5, 5.41) is 11.3. The van der Waals surface area contributed by atoms with Crippen molar-refractivity contribution in [2.75, 3.05) is 22.5 Å². The Labute approximate surface area is 219 Å². The zero-order valence-electron chi connectivity index (χ0n) is 21.4. The Morgan fingerprint density at radius 2 is 1.61 bits per heavy atom. The van der Waals surface area contributed by atoms with E-state index >= 15 is 0 Å². The number of anilines is 5. The number of aromatic amines is 1. The van der Waals surface area contributed by atoms with Gasteiger partial charge in [0, 0.05) is 46.6 Å². The highest BCUT2D eigenvalue weighted by molar-refractivity contribution is 5.95. The molecule has 0 atom stereocenters. The number of pyridine rings is 4. The van der Waals surface area contributed by atoms with Gasteiger partial charge in [0.25, 0.3) is 0 Å². The van der Waals surface area contributed by atoms with Crippen LogP contribution in [-0.2, 0) is 0 Å². The minimum Gasteiger partial charge on any atom is -0.385 e. The summed E-state index contributed by atoms with van der Waals surface area (Å²) in [4.78, 5) is 26.1. The van der Waals surface area contributed by atoms with Crippen LogP contribution in [0.25, 0.3) is 33.6 Å². The molecule has 0 aliphatic heterocycles. The van der Waals surface area contributed by atoms with Crippen LogP contribution in [0.15, 0.2) is 73.2 Å². The number of nitrogens with zero attached hydrogens (tertiary/aromatic N) is 5. The zero-order chi connectivity index (χ0) is 26.1. The first-order chi connectivity index (χ1) is 18.5. The Balaban J connectivity index is 1.24. The number of hydrogen-bond acceptors (Lipinski definition) is 8. The molecule has 0 saturated carbocycles. The molecule has 0 amide bonds. The number of aromatic nitrogens is 6. The number of nitrogens with one attached hydrogen (secondary N) is 4. The van der Waals surface area contributed by atoms with Crippen LogP contribution in [0, 0.1) is 13.8 Å². The molecule has 9 nitrogen and oxygen atoms in total. The Hall–Kier alpha value is -5.05. The molecule has 0 fully saturated rings. The van der Waals surface area contributed by atoms with Crippen LogP contribution in [0.1, 0.15) is 18.3 Å². The molecule has 1 aromatic carbocycles. The maximum atomic E-state index is 4.68. The number of benzene rings is 1. The second-order valence-electron chi connectivity index (χ2n) is 9.12. The van der Waals surface area contributed by atoms with E-state index in [0.717, 1.165) is 68.5 Å². The van der Waals surface area contributed by atoms with Gasteiger partial charge in [-0.05, 0) is 75.4 Å². The normalized spacial score (nSPS) is 11.1. The fraction of sp³-hybridized carbons (Fsp3) is 0.138. The smallest absolute Gasteiger partial charge is 0.178 e. The number of aryl methyl sites for hydroxylation is 2. The molecule has 5 aromatic heterocycles. The van der Waals surface area contributed by atoms with Gasteiger partial charge in [0.1, 0.15) is 5.69 Å². The Morgan fingerprint density at radius 3 is 2.42 bits per heavy atom. The highest BCUT2D eigenvalue weighted by Crippen LogP contribution is 2.29. The first-order valence-corrected chi connectivity index (χ1v) is 12.5. The lowest BCUT2D eigenvalue weighted by Crippen LogP contribution is -1.99. The van der Waals surface area contributed by atoms with Gasteiger partial charge in [0.15, 0.2) is 11.5 Å². The lowest BCUT2D eigenvalue weighted by Gasteiger charge is -2.12. The van der Waals surface area contributed by atoms with E-state index in [2.05, 4.69) is 71.0 Å². The summed E-state index contributed by atoms with van der Waals surface area (Å²) in [7, 11) is 0. The van der Waals surface area contributed by atoms with Gasteiger partial charge in [0.05, 0.1) is 34.8 Å². The van der Waals surface area contributed by atoms with Gasteiger partial charge < -0.3 is 20.9 Å². The minimum absolute atomic E-state index is 0.635. The average molecular weight is 502 g/mol. The van der Waals surface area contributed by atoms with Gasteiger partial charge in [-0.2, -0.15) is 0 Å². The van der Waals surface area contributed by atoms with Crippen molar-refractivity contribution in [3.05, 3.63) is 84.6 Å². The van der Waals surface area contributed by atoms with Crippen LogP contribution in [0.4, 0.5) is 28.4 Å². The number of H-pyrrole nitrogens is 1. The van der Waals surface area contributed by atoms with Gasteiger partial charge in [-0.25, -0.2) is 9.97 Å². The van der Waals surface area contributed by atoms with Gasteiger partial charge >= 0.3 is 0 Å². The molecular weight excluding hydrogens is 474 g/mol. The molecule has 6 rings (SSSR count). The molecule has 0 aliphatic carbocycles. The van der Waals surface area contributed by atoms with Crippen LogP contribution >= 0.6 is 0 Å². The lowest BCUT2D eigenvalue weighted by molar-refractivity contribution is 1.20. The summed E-state index contributed by atoms with van der Waals surface area (Å²) in [6.07, 6.45) is 5.36. The van der Waals surface area contributed by atoms with Gasteiger partial charge in [-0.3, -0.25) is 15.0 Å². The van der Waals surface area contributed by atoms with E-state index in [1.807, 2.05) is 56.4 Å². The van der Waals surface area contributed by atoms with Crippen LogP contribution in [-0.4, -0.2) is 36.4 Å². The van der Waals surface area contributed by atoms with E-state index in [0.29, 0.717) is 11.5 Å². The number of hydrogen-bond donors (Lipinski definition) is 4. The number of fused-ring (bicyclic) bond motifs is 2. The highest BCUT2D eigenvalue weighted by atomic mass is 15.0. The molecule has 6 aromatic rings. The van der Waals surface area contributed by atoms with Crippen molar-refractivity contribution in [2.45, 2.75) is 20.8 Å². The monoisotopic (exact) mass is 501 g/mol. The molecule has 0 aliphatic rings. The van der Waals surface area contributed by atoms with E-state index in [9.17, 15) is 0 Å². The molecule has 0 unspecified atom stereocenters. The fourth-order valence-corrected chi connectivity index (χ4v) is 4.42. The standard InChI is InChI=1S/C29H27N9/c1-4-30-19-5-7-24-23(13-19)26(12-18(3)34-24)36-21-6-8-25(32-15-21)29-37-27-14-22(16-33-28(27)38-29)35-20-9-10-31-17(2)11-20/h5-16,30H,4H2,1-3H3,(H,31,35)(H,34,36)(H,33,37,38). The topological polar surface area (TPSA) is 116 Å². The predicted octanol–water partition coefficient (Wildman–Crippen LogP) is 6.50. The molecule has 4 N–H and O–H groups in total.